The molecule has 17 heavy (non-hydrogen) atoms. The van der Waals surface area contributed by atoms with E-state index in [-0.39, 0.29) is 5.41 Å². The van der Waals surface area contributed by atoms with E-state index in [1.807, 2.05) is 12.1 Å². The Hall–Kier alpha value is -1.00. The van der Waals surface area contributed by atoms with E-state index in [0.717, 1.165) is 5.57 Å². The third-order valence-corrected chi connectivity index (χ3v) is 3.72. The standard InChI is InChI=1S/C15H20ClN/c1-12-5-4-9-15(2,3)14(12)7-6-13(11-16)8-10-17/h6-8H,4-5,9,11H2,1-3H3/b7-6+,13-8-. The van der Waals surface area contributed by atoms with Gasteiger partial charge in [0.2, 0.25) is 0 Å². The van der Waals surface area contributed by atoms with E-state index in [1.54, 1.807) is 0 Å². The van der Waals surface area contributed by atoms with Crippen LogP contribution >= 0.6 is 11.6 Å². The maximum atomic E-state index is 8.63. The van der Waals surface area contributed by atoms with Crippen molar-refractivity contribution in [3.05, 3.63) is 34.9 Å². The molecule has 0 radical (unpaired) electrons. The molecule has 1 rings (SSSR count). The summed E-state index contributed by atoms with van der Waals surface area (Å²) < 4.78 is 0. The summed E-state index contributed by atoms with van der Waals surface area (Å²) >= 11 is 5.78. The predicted molar refractivity (Wildman–Crippen MR) is 73.9 cm³/mol. The molecule has 0 aliphatic heterocycles. The van der Waals surface area contributed by atoms with E-state index in [0.29, 0.717) is 5.88 Å². The Morgan fingerprint density at radius 2 is 2.24 bits per heavy atom. The number of allylic oxidation sites excluding steroid dienone is 6. The van der Waals surface area contributed by atoms with Crippen molar-refractivity contribution in [2.24, 2.45) is 5.41 Å². The molecule has 0 spiro atoms. The van der Waals surface area contributed by atoms with Gasteiger partial charge in [-0.2, -0.15) is 5.26 Å². The van der Waals surface area contributed by atoms with Gasteiger partial charge in [-0.3, -0.25) is 0 Å². The summed E-state index contributed by atoms with van der Waals surface area (Å²) in [6.07, 6.45) is 9.30. The van der Waals surface area contributed by atoms with E-state index in [9.17, 15) is 0 Å². The lowest BCUT2D eigenvalue weighted by atomic mass is 9.72. The van der Waals surface area contributed by atoms with Gasteiger partial charge in [-0.1, -0.05) is 31.6 Å². The van der Waals surface area contributed by atoms with Crippen LogP contribution < -0.4 is 0 Å². The Balaban J connectivity index is 2.97. The molecule has 0 fully saturated rings. The van der Waals surface area contributed by atoms with Gasteiger partial charge in [0.1, 0.15) is 0 Å². The first kappa shape index (κ1) is 14.1. The summed E-state index contributed by atoms with van der Waals surface area (Å²) in [6.45, 7) is 6.77. The SMILES string of the molecule is CC1=C(/C=C/C(=C/C#N)CCl)C(C)(C)CCC1. The maximum absolute atomic E-state index is 8.63. The second kappa shape index (κ2) is 6.07. The van der Waals surface area contributed by atoms with Crippen molar-refractivity contribution in [1.29, 1.82) is 5.26 Å². The van der Waals surface area contributed by atoms with Crippen LogP contribution in [0.3, 0.4) is 0 Å². The smallest absolute Gasteiger partial charge is 0.0915 e. The summed E-state index contributed by atoms with van der Waals surface area (Å²) in [7, 11) is 0. The fraction of sp³-hybridized carbons (Fsp3) is 0.533. The van der Waals surface area contributed by atoms with E-state index >= 15 is 0 Å². The topological polar surface area (TPSA) is 23.8 Å². The molecule has 0 heterocycles. The Bertz CT molecular complexity index is 405. The van der Waals surface area contributed by atoms with Crippen LogP contribution in [0.15, 0.2) is 34.9 Å². The molecule has 92 valence electrons. The molecule has 0 N–H and O–H groups in total. The summed E-state index contributed by atoms with van der Waals surface area (Å²) in [4.78, 5) is 0. The van der Waals surface area contributed by atoms with Crippen molar-refractivity contribution >= 4 is 11.6 Å². The van der Waals surface area contributed by atoms with Crippen LogP contribution in [0.1, 0.15) is 40.0 Å². The molecule has 0 unspecified atom stereocenters. The molecule has 0 amide bonds. The molecule has 1 aliphatic rings. The predicted octanol–water partition coefficient (Wildman–Crippen LogP) is 4.76. The maximum Gasteiger partial charge on any atom is 0.0915 e. The highest BCUT2D eigenvalue weighted by atomic mass is 35.5. The summed E-state index contributed by atoms with van der Waals surface area (Å²) in [5, 5.41) is 8.63. The molecule has 0 saturated heterocycles. The molecule has 0 saturated carbocycles. The highest BCUT2D eigenvalue weighted by Gasteiger charge is 2.26. The molecule has 0 aromatic heterocycles. The Morgan fingerprint density at radius 1 is 1.53 bits per heavy atom. The Morgan fingerprint density at radius 3 is 2.76 bits per heavy atom. The summed E-state index contributed by atoms with van der Waals surface area (Å²) in [5.74, 6) is 0.386. The summed E-state index contributed by atoms with van der Waals surface area (Å²) in [5.41, 5.74) is 3.97. The van der Waals surface area contributed by atoms with Gasteiger partial charge in [-0.15, -0.1) is 11.6 Å². The van der Waals surface area contributed by atoms with E-state index in [2.05, 4.69) is 26.8 Å². The van der Waals surface area contributed by atoms with E-state index in [1.165, 1.54) is 36.5 Å². The third-order valence-electron chi connectivity index (χ3n) is 3.41. The van der Waals surface area contributed by atoms with Gasteiger partial charge in [0, 0.05) is 12.0 Å². The van der Waals surface area contributed by atoms with Crippen LogP contribution in [-0.2, 0) is 0 Å². The monoisotopic (exact) mass is 249 g/mol. The number of alkyl halides is 1. The Kier molecular flexibility index (Phi) is 5.02. The highest BCUT2D eigenvalue weighted by molar-refractivity contribution is 6.19. The second-order valence-corrected chi connectivity index (χ2v) is 5.51. The van der Waals surface area contributed by atoms with Crippen LogP contribution in [0, 0.1) is 16.7 Å². The van der Waals surface area contributed by atoms with Gasteiger partial charge < -0.3 is 0 Å². The van der Waals surface area contributed by atoms with Crippen LogP contribution in [0.25, 0.3) is 0 Å². The largest absolute Gasteiger partial charge is 0.193 e. The lowest BCUT2D eigenvalue weighted by Crippen LogP contribution is -2.19. The number of hydrogen-bond acceptors (Lipinski definition) is 1. The van der Waals surface area contributed by atoms with Gasteiger partial charge >= 0.3 is 0 Å². The molecular weight excluding hydrogens is 230 g/mol. The van der Waals surface area contributed by atoms with Gasteiger partial charge in [-0.05, 0) is 42.7 Å². The molecule has 0 aromatic rings. The van der Waals surface area contributed by atoms with E-state index in [4.69, 9.17) is 16.9 Å². The lowest BCUT2D eigenvalue weighted by Gasteiger charge is -2.32. The van der Waals surface area contributed by atoms with Crippen molar-refractivity contribution in [3.8, 4) is 6.07 Å². The molecule has 2 heteroatoms. The van der Waals surface area contributed by atoms with Gasteiger partial charge in [-0.25, -0.2) is 0 Å². The van der Waals surface area contributed by atoms with Crippen molar-refractivity contribution in [3.63, 3.8) is 0 Å². The lowest BCUT2D eigenvalue weighted by molar-refractivity contribution is 0.377. The van der Waals surface area contributed by atoms with Gasteiger partial charge in [0.25, 0.3) is 0 Å². The average Bonchev–Trinajstić information content (AvgIpc) is 2.26. The minimum absolute atomic E-state index is 0.239. The fourth-order valence-corrected chi connectivity index (χ4v) is 2.58. The highest BCUT2D eigenvalue weighted by Crippen LogP contribution is 2.40. The fourth-order valence-electron chi connectivity index (χ4n) is 2.41. The zero-order valence-corrected chi connectivity index (χ0v) is 11.6. The minimum atomic E-state index is 0.239. The molecule has 0 bridgehead atoms. The minimum Gasteiger partial charge on any atom is -0.193 e. The van der Waals surface area contributed by atoms with Crippen molar-refractivity contribution in [1.82, 2.24) is 0 Å². The Labute approximate surface area is 109 Å². The quantitative estimate of drug-likeness (QED) is 0.402. The third kappa shape index (κ3) is 3.75. The second-order valence-electron chi connectivity index (χ2n) is 5.25. The first-order valence-corrected chi connectivity index (χ1v) is 6.57. The molecule has 1 nitrogen and oxygen atoms in total. The van der Waals surface area contributed by atoms with Crippen LogP contribution in [0.2, 0.25) is 0 Å². The van der Waals surface area contributed by atoms with Crippen molar-refractivity contribution in [2.75, 3.05) is 5.88 Å². The van der Waals surface area contributed by atoms with Crippen molar-refractivity contribution in [2.45, 2.75) is 40.0 Å². The summed E-state index contributed by atoms with van der Waals surface area (Å²) in [6, 6.07) is 2.02. The van der Waals surface area contributed by atoms with Gasteiger partial charge in [0.15, 0.2) is 0 Å². The van der Waals surface area contributed by atoms with E-state index < -0.39 is 0 Å². The zero-order chi connectivity index (χ0) is 12.9. The van der Waals surface area contributed by atoms with Crippen molar-refractivity contribution < 1.29 is 0 Å². The number of rotatable bonds is 3. The number of nitrogens with zero attached hydrogens (tertiary/aromatic N) is 1. The molecular formula is C15H20ClN. The molecule has 0 aromatic carbocycles. The molecule has 1 aliphatic carbocycles. The number of halogens is 1. The normalized spacial score (nSPS) is 20.8. The number of hydrogen-bond donors (Lipinski definition) is 0. The average molecular weight is 250 g/mol. The first-order chi connectivity index (χ1) is 8.01. The number of nitriles is 1. The van der Waals surface area contributed by atoms with Crippen LogP contribution in [-0.4, -0.2) is 5.88 Å². The van der Waals surface area contributed by atoms with Crippen LogP contribution in [0.4, 0.5) is 0 Å². The molecule has 0 atom stereocenters. The van der Waals surface area contributed by atoms with Gasteiger partial charge in [0.05, 0.1) is 6.07 Å². The van der Waals surface area contributed by atoms with Crippen LogP contribution in [0.5, 0.6) is 0 Å². The first-order valence-electron chi connectivity index (χ1n) is 6.04. The zero-order valence-electron chi connectivity index (χ0n) is 10.9.